The third-order valence-electron chi connectivity index (χ3n) is 6.03. The predicted molar refractivity (Wildman–Crippen MR) is 109 cm³/mol. The fourth-order valence-electron chi connectivity index (χ4n) is 4.09. The molecule has 1 aliphatic carbocycles. The average molecular weight is 448 g/mol. The number of amides is 1. The van der Waals surface area contributed by atoms with Gasteiger partial charge in [-0.05, 0) is 49.4 Å². The van der Waals surface area contributed by atoms with Crippen LogP contribution in [0.15, 0.2) is 23.1 Å². The van der Waals surface area contributed by atoms with Crippen molar-refractivity contribution >= 4 is 11.6 Å². The Morgan fingerprint density at radius 2 is 2.12 bits per heavy atom. The Morgan fingerprint density at radius 3 is 2.78 bits per heavy atom. The molecule has 2 atom stereocenters. The van der Waals surface area contributed by atoms with E-state index in [1.54, 1.807) is 30.9 Å². The number of carbonyl (C=O) groups excluding carboxylic acids is 1. The number of ether oxygens (including phenoxy) is 1. The lowest BCUT2D eigenvalue weighted by atomic mass is 9.81. The van der Waals surface area contributed by atoms with Crippen molar-refractivity contribution in [3.63, 3.8) is 0 Å². The SMILES string of the molecule is CO[C@@H](C)Cc1cnn2cc([C@@H](NC(=O)c3nonc3C)C3CCC(F)(F)CC3)nc2c1. The van der Waals surface area contributed by atoms with Crippen molar-refractivity contribution in [2.75, 3.05) is 7.11 Å². The largest absolute Gasteiger partial charge is 0.381 e. The van der Waals surface area contributed by atoms with Gasteiger partial charge in [0.25, 0.3) is 5.91 Å². The van der Waals surface area contributed by atoms with Crippen LogP contribution >= 0.6 is 0 Å². The van der Waals surface area contributed by atoms with Gasteiger partial charge in [-0.1, -0.05) is 5.16 Å². The number of hydrogen-bond acceptors (Lipinski definition) is 7. The molecule has 0 aromatic carbocycles. The van der Waals surface area contributed by atoms with Crippen LogP contribution in [0.25, 0.3) is 5.65 Å². The van der Waals surface area contributed by atoms with Crippen LogP contribution in [0.2, 0.25) is 0 Å². The highest BCUT2D eigenvalue weighted by atomic mass is 19.3. The Hall–Kier alpha value is -2.95. The second-order valence-electron chi connectivity index (χ2n) is 8.43. The molecule has 172 valence electrons. The summed E-state index contributed by atoms with van der Waals surface area (Å²) in [5.74, 6) is -3.35. The van der Waals surface area contributed by atoms with Gasteiger partial charge in [0.15, 0.2) is 11.3 Å². The molecule has 3 aromatic heterocycles. The van der Waals surface area contributed by atoms with Gasteiger partial charge in [-0.2, -0.15) is 5.10 Å². The Labute approximate surface area is 183 Å². The number of methoxy groups -OCH3 is 1. The summed E-state index contributed by atoms with van der Waals surface area (Å²) in [4.78, 5) is 17.5. The number of fused-ring (bicyclic) bond motifs is 1. The summed E-state index contributed by atoms with van der Waals surface area (Å²) in [6, 6.07) is 1.34. The molecule has 4 rings (SSSR count). The Balaban J connectivity index is 1.63. The van der Waals surface area contributed by atoms with Crippen LogP contribution < -0.4 is 5.32 Å². The minimum Gasteiger partial charge on any atom is -0.381 e. The van der Waals surface area contributed by atoms with Crippen molar-refractivity contribution in [3.8, 4) is 0 Å². The van der Waals surface area contributed by atoms with Crippen molar-refractivity contribution in [2.24, 2.45) is 5.92 Å². The van der Waals surface area contributed by atoms with Gasteiger partial charge in [0.05, 0.1) is 30.2 Å². The maximum atomic E-state index is 13.8. The molecule has 0 aliphatic heterocycles. The molecule has 1 N–H and O–H groups in total. The Bertz CT molecular complexity index is 1090. The van der Waals surface area contributed by atoms with Crippen LogP contribution in [-0.2, 0) is 11.2 Å². The van der Waals surface area contributed by atoms with Gasteiger partial charge in [0.2, 0.25) is 5.92 Å². The van der Waals surface area contributed by atoms with Crippen LogP contribution in [0.5, 0.6) is 0 Å². The zero-order chi connectivity index (χ0) is 22.9. The second-order valence-corrected chi connectivity index (χ2v) is 8.43. The lowest BCUT2D eigenvalue weighted by Crippen LogP contribution is -2.37. The van der Waals surface area contributed by atoms with E-state index in [0.717, 1.165) is 5.56 Å². The molecule has 1 aliphatic rings. The van der Waals surface area contributed by atoms with Crippen molar-refractivity contribution in [3.05, 3.63) is 41.1 Å². The third-order valence-corrected chi connectivity index (χ3v) is 6.03. The maximum Gasteiger partial charge on any atom is 0.276 e. The molecule has 32 heavy (non-hydrogen) atoms. The molecule has 1 saturated carbocycles. The van der Waals surface area contributed by atoms with E-state index in [1.807, 2.05) is 13.0 Å². The van der Waals surface area contributed by atoms with Crippen LogP contribution in [0, 0.1) is 12.8 Å². The van der Waals surface area contributed by atoms with E-state index in [4.69, 9.17) is 4.74 Å². The normalized spacial score (nSPS) is 18.5. The van der Waals surface area contributed by atoms with Gasteiger partial charge in [-0.25, -0.2) is 22.9 Å². The van der Waals surface area contributed by atoms with E-state index in [-0.39, 0.29) is 43.4 Å². The van der Waals surface area contributed by atoms with Gasteiger partial charge in [-0.15, -0.1) is 0 Å². The zero-order valence-corrected chi connectivity index (χ0v) is 18.2. The molecule has 1 amide bonds. The lowest BCUT2D eigenvalue weighted by molar-refractivity contribution is -0.0495. The molecule has 3 aromatic rings. The lowest BCUT2D eigenvalue weighted by Gasteiger charge is -2.33. The molecule has 11 heteroatoms. The first kappa shape index (κ1) is 22.3. The van der Waals surface area contributed by atoms with Crippen molar-refractivity contribution in [1.82, 2.24) is 30.2 Å². The van der Waals surface area contributed by atoms with E-state index in [2.05, 4.69) is 30.3 Å². The molecule has 0 saturated heterocycles. The molecule has 0 spiro atoms. The Kier molecular flexibility index (Phi) is 6.18. The summed E-state index contributed by atoms with van der Waals surface area (Å²) < 4.78 is 39.1. The molecule has 9 nitrogen and oxygen atoms in total. The zero-order valence-electron chi connectivity index (χ0n) is 18.2. The van der Waals surface area contributed by atoms with Gasteiger partial charge < -0.3 is 10.1 Å². The number of halogens is 2. The summed E-state index contributed by atoms with van der Waals surface area (Å²) >= 11 is 0. The summed E-state index contributed by atoms with van der Waals surface area (Å²) in [6.45, 7) is 3.57. The number of nitrogens with one attached hydrogen (secondary N) is 1. The predicted octanol–water partition coefficient (Wildman–Crippen LogP) is 3.29. The van der Waals surface area contributed by atoms with Crippen LogP contribution in [-0.4, -0.2) is 50.0 Å². The highest BCUT2D eigenvalue weighted by Gasteiger charge is 2.39. The van der Waals surface area contributed by atoms with Gasteiger partial charge in [0.1, 0.15) is 5.69 Å². The maximum absolute atomic E-state index is 13.8. The topological polar surface area (TPSA) is 107 Å². The summed E-state index contributed by atoms with van der Waals surface area (Å²) in [5.41, 5.74) is 2.55. The number of hydrogen-bond donors (Lipinski definition) is 1. The quantitative estimate of drug-likeness (QED) is 0.591. The average Bonchev–Trinajstić information content (AvgIpc) is 3.37. The first-order valence-electron chi connectivity index (χ1n) is 10.6. The minimum absolute atomic E-state index is 0.0314. The van der Waals surface area contributed by atoms with Crippen LogP contribution in [0.1, 0.15) is 66.1 Å². The highest BCUT2D eigenvalue weighted by Crippen LogP contribution is 2.41. The monoisotopic (exact) mass is 448 g/mol. The van der Waals surface area contributed by atoms with Crippen molar-refractivity contribution in [1.29, 1.82) is 0 Å². The van der Waals surface area contributed by atoms with E-state index >= 15 is 0 Å². The van der Waals surface area contributed by atoms with E-state index in [9.17, 15) is 13.6 Å². The molecule has 1 fully saturated rings. The number of alkyl halides is 2. The fourth-order valence-corrected chi connectivity index (χ4v) is 4.09. The number of aromatic nitrogens is 5. The summed E-state index contributed by atoms with van der Waals surface area (Å²) in [5, 5.41) is 14.6. The Morgan fingerprint density at radius 1 is 1.38 bits per heavy atom. The van der Waals surface area contributed by atoms with Gasteiger partial charge >= 0.3 is 0 Å². The van der Waals surface area contributed by atoms with Gasteiger partial charge in [0, 0.05) is 26.4 Å². The first-order chi connectivity index (χ1) is 15.3. The van der Waals surface area contributed by atoms with E-state index < -0.39 is 17.9 Å². The van der Waals surface area contributed by atoms with Crippen LogP contribution in [0.3, 0.4) is 0 Å². The van der Waals surface area contributed by atoms with Crippen LogP contribution in [0.4, 0.5) is 8.78 Å². The summed E-state index contributed by atoms with van der Waals surface area (Å²) in [6.07, 6.45) is 4.27. The number of imidazole rings is 1. The van der Waals surface area contributed by atoms with Gasteiger partial charge in [-0.3, -0.25) is 4.79 Å². The summed E-state index contributed by atoms with van der Waals surface area (Å²) in [7, 11) is 1.65. The molecule has 3 heterocycles. The number of carbonyl (C=O) groups is 1. The van der Waals surface area contributed by atoms with Crippen molar-refractivity contribution < 1.29 is 22.9 Å². The highest BCUT2D eigenvalue weighted by molar-refractivity contribution is 5.93. The van der Waals surface area contributed by atoms with Crippen molar-refractivity contribution in [2.45, 2.75) is 64.0 Å². The molecule has 0 radical (unpaired) electrons. The standard InChI is InChI=1S/C21H26F2N6O3/c1-12(31-3)8-14-9-17-25-16(11-29(17)24-10-14)19(15-4-6-21(22,23)7-5-15)26-20(30)18-13(2)27-32-28-18/h9-12,15,19H,4-8H2,1-3H3,(H,26,30)/t12-,19-/m0/s1. The fraction of sp³-hybridized carbons (Fsp3) is 0.571. The smallest absolute Gasteiger partial charge is 0.276 e. The van der Waals surface area contributed by atoms with E-state index in [0.29, 0.717) is 23.5 Å². The van der Waals surface area contributed by atoms with E-state index in [1.165, 1.54) is 0 Å². The number of nitrogens with zero attached hydrogens (tertiary/aromatic N) is 5. The molecular formula is C21H26F2N6O3. The number of aryl methyl sites for hydroxylation is 1. The molecular weight excluding hydrogens is 422 g/mol. The second kappa shape index (κ2) is 8.89. The third kappa shape index (κ3) is 4.77. The minimum atomic E-state index is -2.68. The number of rotatable bonds is 7. The first-order valence-corrected chi connectivity index (χ1v) is 10.6. The molecule has 0 bridgehead atoms. The molecule has 0 unspecified atom stereocenters.